The zero-order valence-electron chi connectivity index (χ0n) is 9.89. The van der Waals surface area contributed by atoms with Gasteiger partial charge in [-0.2, -0.15) is 0 Å². The lowest BCUT2D eigenvalue weighted by Crippen LogP contribution is -2.43. The summed E-state index contributed by atoms with van der Waals surface area (Å²) in [5.41, 5.74) is 5.41. The number of aliphatic carboxylic acids is 1. The van der Waals surface area contributed by atoms with Gasteiger partial charge >= 0.3 is 11.9 Å². The largest absolute Gasteiger partial charge is 0.480 e. The highest BCUT2D eigenvalue weighted by Crippen LogP contribution is 2.08. The lowest BCUT2D eigenvalue weighted by atomic mass is 10.2. The highest BCUT2D eigenvalue weighted by Gasteiger charge is 2.25. The van der Waals surface area contributed by atoms with E-state index in [9.17, 15) is 14.4 Å². The van der Waals surface area contributed by atoms with Crippen molar-refractivity contribution in [3.8, 4) is 0 Å². The number of oxazole rings is 1. The van der Waals surface area contributed by atoms with Crippen LogP contribution in [-0.2, 0) is 9.59 Å². The van der Waals surface area contributed by atoms with E-state index in [-0.39, 0.29) is 5.89 Å². The van der Waals surface area contributed by atoms with Crippen LogP contribution in [0.5, 0.6) is 0 Å². The second-order valence-electron chi connectivity index (χ2n) is 3.70. The first-order valence-electron chi connectivity index (χ1n) is 5.07. The third-order valence-corrected chi connectivity index (χ3v) is 2.23. The summed E-state index contributed by atoms with van der Waals surface area (Å²) in [6.45, 7) is 3.27. The van der Waals surface area contributed by atoms with Gasteiger partial charge < -0.3 is 20.6 Å². The Balaban J connectivity index is 2.78. The van der Waals surface area contributed by atoms with E-state index in [0.717, 1.165) is 0 Å². The minimum Gasteiger partial charge on any atom is -0.480 e. The van der Waals surface area contributed by atoms with Crippen molar-refractivity contribution in [2.24, 2.45) is 5.73 Å². The highest BCUT2D eigenvalue weighted by molar-refractivity contribution is 5.94. The van der Waals surface area contributed by atoms with Crippen molar-refractivity contribution in [3.05, 3.63) is 17.3 Å². The van der Waals surface area contributed by atoms with Crippen LogP contribution in [0.15, 0.2) is 4.42 Å². The number of carboxylic acids is 1. The molecule has 0 spiro atoms. The van der Waals surface area contributed by atoms with Crippen molar-refractivity contribution < 1.29 is 23.9 Å². The molecule has 1 aromatic rings. The summed E-state index contributed by atoms with van der Waals surface area (Å²) in [5.74, 6) is -2.79. The average molecular weight is 255 g/mol. The number of aromatic nitrogens is 1. The Morgan fingerprint density at radius 2 is 2.06 bits per heavy atom. The molecule has 2 amide bonds. The van der Waals surface area contributed by atoms with Gasteiger partial charge in [0.2, 0.25) is 5.91 Å². The van der Waals surface area contributed by atoms with Crippen LogP contribution < -0.4 is 11.1 Å². The van der Waals surface area contributed by atoms with Gasteiger partial charge in [-0.3, -0.25) is 9.59 Å². The molecule has 0 bridgehead atoms. The first kappa shape index (κ1) is 13.7. The summed E-state index contributed by atoms with van der Waals surface area (Å²) >= 11 is 0. The predicted octanol–water partition coefficient (Wildman–Crippen LogP) is -0.650. The van der Waals surface area contributed by atoms with E-state index in [1.807, 2.05) is 0 Å². The topological polar surface area (TPSA) is 136 Å². The van der Waals surface area contributed by atoms with E-state index in [2.05, 4.69) is 10.3 Å². The number of amides is 2. The summed E-state index contributed by atoms with van der Waals surface area (Å²) in [4.78, 5) is 36.9. The number of carbonyl (C=O) groups excluding carboxylic acids is 2. The van der Waals surface area contributed by atoms with Gasteiger partial charge in [0, 0.05) is 0 Å². The van der Waals surface area contributed by atoms with E-state index in [0.29, 0.717) is 11.5 Å². The van der Waals surface area contributed by atoms with Gasteiger partial charge in [-0.05, 0) is 13.8 Å². The fraction of sp³-hybridized carbons (Fsp3) is 0.400. The second-order valence-corrected chi connectivity index (χ2v) is 3.70. The number of rotatable bonds is 5. The Hall–Kier alpha value is -2.38. The number of nitrogens with one attached hydrogen (secondary N) is 1. The molecule has 0 radical (unpaired) electrons. The molecule has 0 saturated heterocycles. The Labute approximate surface area is 102 Å². The molecule has 1 rings (SSSR count). The van der Waals surface area contributed by atoms with Crippen molar-refractivity contribution in [1.29, 1.82) is 0 Å². The number of primary amides is 1. The Morgan fingerprint density at radius 3 is 2.44 bits per heavy atom. The Morgan fingerprint density at radius 1 is 1.44 bits per heavy atom. The number of hydrogen-bond donors (Lipinski definition) is 3. The molecule has 8 nitrogen and oxygen atoms in total. The van der Waals surface area contributed by atoms with Gasteiger partial charge in [-0.25, -0.2) is 9.78 Å². The van der Waals surface area contributed by atoms with Gasteiger partial charge in [0.1, 0.15) is 11.8 Å². The van der Waals surface area contributed by atoms with Crippen LogP contribution in [0, 0.1) is 13.8 Å². The van der Waals surface area contributed by atoms with Crippen LogP contribution in [-0.4, -0.2) is 33.9 Å². The van der Waals surface area contributed by atoms with Crippen LogP contribution in [0.25, 0.3) is 0 Å². The van der Waals surface area contributed by atoms with Crippen molar-refractivity contribution in [2.75, 3.05) is 0 Å². The third-order valence-electron chi connectivity index (χ3n) is 2.23. The molecule has 1 atom stereocenters. The third kappa shape index (κ3) is 3.30. The molecule has 1 aromatic heterocycles. The number of nitrogens with zero attached hydrogens (tertiary/aromatic N) is 1. The molecule has 0 aliphatic heterocycles. The molecule has 1 heterocycles. The first-order valence-corrected chi connectivity index (χ1v) is 5.07. The number of nitrogens with two attached hydrogens (primary N) is 1. The quantitative estimate of drug-likeness (QED) is 0.639. The summed E-state index contributed by atoms with van der Waals surface area (Å²) in [5, 5.41) is 10.9. The van der Waals surface area contributed by atoms with Crippen molar-refractivity contribution in [3.63, 3.8) is 0 Å². The van der Waals surface area contributed by atoms with Crippen LogP contribution in [0.1, 0.15) is 28.6 Å². The summed E-state index contributed by atoms with van der Waals surface area (Å²) in [6.07, 6.45) is -0.500. The predicted molar refractivity (Wildman–Crippen MR) is 58.7 cm³/mol. The van der Waals surface area contributed by atoms with E-state index in [1.54, 1.807) is 13.8 Å². The van der Waals surface area contributed by atoms with Crippen LogP contribution in [0.3, 0.4) is 0 Å². The maximum Gasteiger partial charge on any atom is 0.326 e. The van der Waals surface area contributed by atoms with Gasteiger partial charge in [-0.15, -0.1) is 0 Å². The normalized spacial score (nSPS) is 11.9. The standard InChI is InChI=1S/C10H13N3O5/c1-4-5(2)18-9(12-4)8(15)13-6(10(16)17)3-7(11)14/h6H,3H2,1-2H3,(H2,11,14)(H,13,15)(H,16,17)/t6-/m0/s1. The van der Waals surface area contributed by atoms with Gasteiger partial charge in [0.25, 0.3) is 5.89 Å². The molecule has 0 unspecified atom stereocenters. The summed E-state index contributed by atoms with van der Waals surface area (Å²) in [6, 6.07) is -1.40. The smallest absolute Gasteiger partial charge is 0.326 e. The molecule has 0 saturated carbocycles. The molecule has 0 aromatic carbocycles. The second kappa shape index (κ2) is 5.30. The van der Waals surface area contributed by atoms with Gasteiger partial charge in [0.05, 0.1) is 12.1 Å². The highest BCUT2D eigenvalue weighted by atomic mass is 16.4. The number of carboxylic acid groups (broad SMARTS) is 1. The Bertz CT molecular complexity index is 474. The number of aryl methyl sites for hydroxylation is 2. The SMILES string of the molecule is Cc1nc(C(=O)N[C@@H](CC(N)=O)C(=O)O)oc1C. The van der Waals surface area contributed by atoms with E-state index in [4.69, 9.17) is 15.3 Å². The molecular weight excluding hydrogens is 242 g/mol. The fourth-order valence-electron chi connectivity index (χ4n) is 1.19. The number of hydrogen-bond acceptors (Lipinski definition) is 5. The molecule has 0 aliphatic carbocycles. The van der Waals surface area contributed by atoms with Crippen molar-refractivity contribution in [2.45, 2.75) is 26.3 Å². The minimum atomic E-state index is -1.40. The summed E-state index contributed by atoms with van der Waals surface area (Å²) < 4.78 is 5.03. The van der Waals surface area contributed by atoms with Crippen molar-refractivity contribution >= 4 is 17.8 Å². The van der Waals surface area contributed by atoms with Gasteiger partial charge in [-0.1, -0.05) is 0 Å². The molecule has 0 fully saturated rings. The summed E-state index contributed by atoms with van der Waals surface area (Å²) in [7, 11) is 0. The molecule has 18 heavy (non-hydrogen) atoms. The monoisotopic (exact) mass is 255 g/mol. The molecule has 98 valence electrons. The van der Waals surface area contributed by atoms with E-state index >= 15 is 0 Å². The van der Waals surface area contributed by atoms with E-state index in [1.165, 1.54) is 0 Å². The minimum absolute atomic E-state index is 0.249. The first-order chi connectivity index (χ1) is 8.31. The van der Waals surface area contributed by atoms with Crippen molar-refractivity contribution in [1.82, 2.24) is 10.3 Å². The van der Waals surface area contributed by atoms with Crippen LogP contribution >= 0.6 is 0 Å². The molecule has 0 aliphatic rings. The lowest BCUT2D eigenvalue weighted by molar-refractivity contribution is -0.140. The maximum atomic E-state index is 11.6. The zero-order chi connectivity index (χ0) is 13.9. The van der Waals surface area contributed by atoms with Crippen LogP contribution in [0.4, 0.5) is 0 Å². The molecule has 4 N–H and O–H groups in total. The molecular formula is C10H13N3O5. The maximum absolute atomic E-state index is 11.6. The lowest BCUT2D eigenvalue weighted by Gasteiger charge is -2.10. The van der Waals surface area contributed by atoms with E-state index < -0.39 is 30.2 Å². The van der Waals surface area contributed by atoms with Gasteiger partial charge in [0.15, 0.2) is 0 Å². The Kier molecular flexibility index (Phi) is 4.03. The average Bonchev–Trinajstić information content (AvgIpc) is 2.57. The zero-order valence-corrected chi connectivity index (χ0v) is 9.89. The molecule has 8 heteroatoms. The van der Waals surface area contributed by atoms with Crippen LogP contribution in [0.2, 0.25) is 0 Å². The number of carbonyl (C=O) groups is 3. The fourth-order valence-corrected chi connectivity index (χ4v) is 1.19.